The molecule has 128 valence electrons. The molecule has 1 aromatic rings. The van der Waals surface area contributed by atoms with Gasteiger partial charge in [0, 0.05) is 43.2 Å². The van der Waals surface area contributed by atoms with Gasteiger partial charge in [-0.3, -0.25) is 0 Å². The molecule has 0 spiro atoms. The zero-order chi connectivity index (χ0) is 17.0. The molecular weight excluding hydrogens is 318 g/mol. The normalized spacial score (nSPS) is 32.2. The van der Waals surface area contributed by atoms with E-state index in [4.69, 9.17) is 0 Å². The van der Waals surface area contributed by atoms with Crippen LogP contribution in [0, 0.1) is 10.8 Å². The lowest BCUT2D eigenvalue weighted by Gasteiger charge is -2.30. The number of fused-ring (bicyclic) bond motifs is 1. The molecular formula is C15H23N3O4S. The van der Waals surface area contributed by atoms with Crippen molar-refractivity contribution in [2.45, 2.75) is 18.7 Å². The van der Waals surface area contributed by atoms with Gasteiger partial charge in [0.25, 0.3) is 0 Å². The number of hydrogen-bond acceptors (Lipinski definition) is 5. The second-order valence-corrected chi connectivity index (χ2v) is 9.25. The third-order valence-corrected chi connectivity index (χ3v) is 7.21. The van der Waals surface area contributed by atoms with E-state index in [1.807, 2.05) is 0 Å². The minimum absolute atomic E-state index is 0.0592. The van der Waals surface area contributed by atoms with Crippen molar-refractivity contribution >= 4 is 16.0 Å². The molecule has 1 N–H and O–H groups in total. The van der Waals surface area contributed by atoms with Crippen LogP contribution in [0.5, 0.6) is 0 Å². The highest BCUT2D eigenvalue weighted by Crippen LogP contribution is 2.52. The number of nitrogens with zero attached hydrogens (tertiary/aromatic N) is 2. The molecule has 0 aromatic carbocycles. The van der Waals surface area contributed by atoms with Crippen molar-refractivity contribution in [2.24, 2.45) is 10.8 Å². The molecule has 2 fully saturated rings. The summed E-state index contributed by atoms with van der Waals surface area (Å²) < 4.78 is 31.9. The molecule has 0 saturated carbocycles. The molecule has 2 aliphatic rings. The third kappa shape index (κ3) is 2.40. The number of hydrogen-bond donors (Lipinski definition) is 1. The number of carbonyl (C=O) groups is 1. The summed E-state index contributed by atoms with van der Waals surface area (Å²) in [6.45, 7) is 7.07. The van der Waals surface area contributed by atoms with Crippen LogP contribution in [0.1, 0.15) is 24.3 Å². The fourth-order valence-electron chi connectivity index (χ4n) is 4.02. The molecule has 0 bridgehead atoms. The zero-order valence-corrected chi connectivity index (χ0v) is 14.7. The Morgan fingerprint density at radius 1 is 1.22 bits per heavy atom. The summed E-state index contributed by atoms with van der Waals surface area (Å²) in [6, 6.07) is 1.34. The van der Waals surface area contributed by atoms with Gasteiger partial charge in [0.05, 0.1) is 7.11 Å². The van der Waals surface area contributed by atoms with Crippen molar-refractivity contribution < 1.29 is 17.9 Å². The Kier molecular flexibility index (Phi) is 3.62. The molecule has 3 rings (SSSR count). The van der Waals surface area contributed by atoms with E-state index in [0.717, 1.165) is 13.1 Å². The number of aromatic nitrogens is 1. The summed E-state index contributed by atoms with van der Waals surface area (Å²) in [5.74, 6) is -0.578. The summed E-state index contributed by atoms with van der Waals surface area (Å²) in [4.78, 5) is 16.5. The zero-order valence-electron chi connectivity index (χ0n) is 13.9. The van der Waals surface area contributed by atoms with Gasteiger partial charge < -0.3 is 14.6 Å². The van der Waals surface area contributed by atoms with Crippen LogP contribution in [0.15, 0.2) is 17.2 Å². The van der Waals surface area contributed by atoms with Gasteiger partial charge in [-0.05, 0) is 13.1 Å². The highest BCUT2D eigenvalue weighted by molar-refractivity contribution is 7.89. The summed E-state index contributed by atoms with van der Waals surface area (Å²) in [5, 5.41) is 0. The number of nitrogens with one attached hydrogen (secondary N) is 1. The molecule has 0 unspecified atom stereocenters. The van der Waals surface area contributed by atoms with E-state index in [1.165, 1.54) is 19.4 Å². The lowest BCUT2D eigenvalue weighted by Crippen LogP contribution is -2.34. The molecule has 1 aromatic heterocycles. The number of carbonyl (C=O) groups excluding carboxylic acids is 1. The van der Waals surface area contributed by atoms with Crippen LogP contribution in [0.4, 0.5) is 0 Å². The number of methoxy groups -OCH3 is 1. The Labute approximate surface area is 136 Å². The lowest BCUT2D eigenvalue weighted by atomic mass is 9.71. The van der Waals surface area contributed by atoms with Gasteiger partial charge in [-0.1, -0.05) is 13.8 Å². The van der Waals surface area contributed by atoms with Crippen molar-refractivity contribution in [3.63, 3.8) is 0 Å². The van der Waals surface area contributed by atoms with Crippen LogP contribution >= 0.6 is 0 Å². The van der Waals surface area contributed by atoms with Gasteiger partial charge in [-0.25, -0.2) is 13.2 Å². The molecule has 2 saturated heterocycles. The van der Waals surface area contributed by atoms with Crippen molar-refractivity contribution in [1.82, 2.24) is 14.2 Å². The van der Waals surface area contributed by atoms with E-state index >= 15 is 0 Å². The number of ether oxygens (including phenoxy) is 1. The quantitative estimate of drug-likeness (QED) is 0.821. The number of sulfonamides is 1. The smallest absolute Gasteiger partial charge is 0.354 e. The second kappa shape index (κ2) is 5.06. The topological polar surface area (TPSA) is 82.7 Å². The lowest BCUT2D eigenvalue weighted by molar-refractivity contribution is 0.0594. The third-order valence-electron chi connectivity index (χ3n) is 5.45. The standard InChI is InChI=1S/C15H23N3O4S/c1-14-7-17(3)8-15(14,2)10-18(9-14)23(20,21)11-5-12(16-6-11)13(19)22-4/h5-6,16H,7-10H2,1-4H3/t14-,15-/m1/s1. The van der Waals surface area contributed by atoms with E-state index in [9.17, 15) is 13.2 Å². The van der Waals surface area contributed by atoms with E-state index in [1.54, 1.807) is 4.31 Å². The molecule has 0 aliphatic carbocycles. The first-order valence-corrected chi connectivity index (χ1v) is 9.01. The Balaban J connectivity index is 1.88. The van der Waals surface area contributed by atoms with Gasteiger partial charge in [0.1, 0.15) is 10.6 Å². The molecule has 7 nitrogen and oxygen atoms in total. The van der Waals surface area contributed by atoms with Crippen LogP contribution in [0.3, 0.4) is 0 Å². The minimum atomic E-state index is -3.62. The Bertz CT molecular complexity index is 724. The van der Waals surface area contributed by atoms with Gasteiger partial charge in [-0.2, -0.15) is 4.31 Å². The van der Waals surface area contributed by atoms with Crippen LogP contribution in [0.25, 0.3) is 0 Å². The summed E-state index contributed by atoms with van der Waals surface area (Å²) in [5.41, 5.74) is 0.0229. The highest BCUT2D eigenvalue weighted by Gasteiger charge is 2.58. The summed E-state index contributed by atoms with van der Waals surface area (Å²) in [6.07, 6.45) is 1.35. The van der Waals surface area contributed by atoms with Gasteiger partial charge in [-0.15, -0.1) is 0 Å². The SMILES string of the molecule is COC(=O)c1cc(S(=O)(=O)N2C[C@@]3(C)CN(C)C[C@]3(C)C2)c[nH]1. The van der Waals surface area contributed by atoms with Crippen LogP contribution in [-0.2, 0) is 14.8 Å². The maximum atomic E-state index is 12.9. The minimum Gasteiger partial charge on any atom is -0.464 e. The van der Waals surface area contributed by atoms with Crippen molar-refractivity contribution in [3.8, 4) is 0 Å². The number of likely N-dealkylation sites (tertiary alicyclic amines) is 1. The fourth-order valence-corrected chi connectivity index (χ4v) is 5.70. The van der Waals surface area contributed by atoms with Crippen LogP contribution < -0.4 is 0 Å². The van der Waals surface area contributed by atoms with Crippen LogP contribution in [-0.4, -0.2) is 68.9 Å². The molecule has 3 heterocycles. The number of rotatable bonds is 3. The molecule has 0 amide bonds. The van der Waals surface area contributed by atoms with E-state index < -0.39 is 16.0 Å². The predicted octanol–water partition coefficient (Wildman–Crippen LogP) is 0.764. The van der Waals surface area contributed by atoms with Gasteiger partial charge in [0.2, 0.25) is 10.0 Å². The first-order chi connectivity index (χ1) is 10.6. The van der Waals surface area contributed by atoms with Crippen LogP contribution in [0.2, 0.25) is 0 Å². The van der Waals surface area contributed by atoms with Crippen molar-refractivity contribution in [2.75, 3.05) is 40.3 Å². The Morgan fingerprint density at radius 3 is 2.30 bits per heavy atom. The maximum Gasteiger partial charge on any atom is 0.354 e. The first kappa shape index (κ1) is 16.5. The number of aromatic amines is 1. The summed E-state index contributed by atoms with van der Waals surface area (Å²) >= 11 is 0. The average molecular weight is 341 g/mol. The number of esters is 1. The molecule has 23 heavy (non-hydrogen) atoms. The van der Waals surface area contributed by atoms with Crippen molar-refractivity contribution in [1.29, 1.82) is 0 Å². The van der Waals surface area contributed by atoms with E-state index in [0.29, 0.717) is 13.1 Å². The highest BCUT2D eigenvalue weighted by atomic mass is 32.2. The number of H-pyrrole nitrogens is 1. The van der Waals surface area contributed by atoms with E-state index in [-0.39, 0.29) is 21.4 Å². The van der Waals surface area contributed by atoms with Crippen molar-refractivity contribution in [3.05, 3.63) is 18.0 Å². The predicted molar refractivity (Wildman–Crippen MR) is 84.6 cm³/mol. The first-order valence-electron chi connectivity index (χ1n) is 7.57. The summed E-state index contributed by atoms with van der Waals surface area (Å²) in [7, 11) is -0.287. The van der Waals surface area contributed by atoms with E-state index in [2.05, 4.69) is 35.5 Å². The second-order valence-electron chi connectivity index (χ2n) is 7.31. The largest absolute Gasteiger partial charge is 0.464 e. The fraction of sp³-hybridized carbons (Fsp3) is 0.667. The average Bonchev–Trinajstić information content (AvgIpc) is 3.07. The van der Waals surface area contributed by atoms with Gasteiger partial charge in [0.15, 0.2) is 0 Å². The maximum absolute atomic E-state index is 12.9. The van der Waals surface area contributed by atoms with Gasteiger partial charge >= 0.3 is 5.97 Å². The molecule has 8 heteroatoms. The Hall–Kier alpha value is -1.38. The molecule has 0 radical (unpaired) electrons. The molecule has 2 atom stereocenters. The molecule has 2 aliphatic heterocycles. The Morgan fingerprint density at radius 2 is 1.78 bits per heavy atom. The monoisotopic (exact) mass is 341 g/mol.